The van der Waals surface area contributed by atoms with Crippen LogP contribution in [0.15, 0.2) is 6.33 Å². The van der Waals surface area contributed by atoms with Gasteiger partial charge in [0.1, 0.15) is 5.69 Å². The minimum Gasteiger partial charge on any atom is -0.335 e. The van der Waals surface area contributed by atoms with E-state index in [0.717, 1.165) is 37.9 Å². The van der Waals surface area contributed by atoms with Crippen molar-refractivity contribution in [2.24, 2.45) is 5.92 Å². The summed E-state index contributed by atoms with van der Waals surface area (Å²) in [4.78, 5) is 29.2. The van der Waals surface area contributed by atoms with Crippen molar-refractivity contribution in [3.05, 3.63) is 17.7 Å². The molecule has 0 N–H and O–H groups in total. The van der Waals surface area contributed by atoms with Gasteiger partial charge in [0.2, 0.25) is 5.91 Å². The zero-order chi connectivity index (χ0) is 12.5. The number of carbonyl (C=O) groups excluding carboxylic acids is 2. The van der Waals surface area contributed by atoms with Crippen LogP contribution in [0, 0.1) is 5.92 Å². The van der Waals surface area contributed by atoms with Gasteiger partial charge in [0.15, 0.2) is 6.29 Å². The summed E-state index contributed by atoms with van der Waals surface area (Å²) >= 11 is 0. The summed E-state index contributed by atoms with van der Waals surface area (Å²) in [5, 5.41) is 0. The van der Waals surface area contributed by atoms with E-state index in [1.807, 2.05) is 9.47 Å². The van der Waals surface area contributed by atoms with Crippen LogP contribution in [-0.4, -0.2) is 33.2 Å². The van der Waals surface area contributed by atoms with Crippen LogP contribution < -0.4 is 0 Å². The fourth-order valence-corrected chi connectivity index (χ4v) is 2.99. The highest BCUT2D eigenvalue weighted by Gasteiger charge is 2.30. The highest BCUT2D eigenvalue weighted by Crippen LogP contribution is 2.28. The molecule has 5 nitrogen and oxygen atoms in total. The summed E-state index contributed by atoms with van der Waals surface area (Å²) in [6.45, 7) is 2.01. The standard InChI is InChI=1S/C13H17N3O2/c17-8-11-12-7-15(5-6-16(12)9-14-11)13(18)10-3-1-2-4-10/h8-10H,1-7H2. The van der Waals surface area contributed by atoms with Gasteiger partial charge in [0, 0.05) is 19.0 Å². The van der Waals surface area contributed by atoms with Crippen molar-refractivity contribution >= 4 is 12.2 Å². The first-order chi connectivity index (χ1) is 8.79. The van der Waals surface area contributed by atoms with Crippen molar-refractivity contribution in [2.75, 3.05) is 6.54 Å². The first-order valence-electron chi connectivity index (χ1n) is 6.57. The number of rotatable bonds is 2. The number of aromatic nitrogens is 2. The minimum atomic E-state index is 0.208. The SMILES string of the molecule is O=Cc1ncn2c1CN(C(=O)C1CCCC1)CC2. The lowest BCUT2D eigenvalue weighted by Gasteiger charge is -2.30. The molecule has 2 heterocycles. The largest absolute Gasteiger partial charge is 0.335 e. The minimum absolute atomic E-state index is 0.208. The van der Waals surface area contributed by atoms with E-state index in [-0.39, 0.29) is 11.8 Å². The highest BCUT2D eigenvalue weighted by molar-refractivity contribution is 5.80. The number of amides is 1. The van der Waals surface area contributed by atoms with E-state index in [2.05, 4.69) is 4.98 Å². The van der Waals surface area contributed by atoms with Crippen LogP contribution in [0.5, 0.6) is 0 Å². The average molecular weight is 247 g/mol. The van der Waals surface area contributed by atoms with E-state index in [9.17, 15) is 9.59 Å². The first kappa shape index (κ1) is 11.4. The fraction of sp³-hybridized carbons (Fsp3) is 0.615. The third kappa shape index (κ3) is 1.83. The van der Waals surface area contributed by atoms with Crippen LogP contribution >= 0.6 is 0 Å². The second-order valence-electron chi connectivity index (χ2n) is 5.13. The lowest BCUT2D eigenvalue weighted by atomic mass is 10.1. The van der Waals surface area contributed by atoms with Crippen molar-refractivity contribution < 1.29 is 9.59 Å². The molecule has 2 aliphatic rings. The van der Waals surface area contributed by atoms with Crippen molar-refractivity contribution in [3.63, 3.8) is 0 Å². The summed E-state index contributed by atoms with van der Waals surface area (Å²) in [6.07, 6.45) is 6.85. The Kier molecular flexibility index (Phi) is 2.89. The van der Waals surface area contributed by atoms with Crippen LogP contribution in [0.1, 0.15) is 41.9 Å². The second kappa shape index (κ2) is 4.55. The molecule has 0 saturated heterocycles. The van der Waals surface area contributed by atoms with E-state index >= 15 is 0 Å². The van der Waals surface area contributed by atoms with Crippen molar-refractivity contribution in [3.8, 4) is 0 Å². The molecule has 0 atom stereocenters. The molecule has 0 unspecified atom stereocenters. The molecule has 3 rings (SSSR count). The van der Waals surface area contributed by atoms with E-state index in [4.69, 9.17) is 0 Å². The number of fused-ring (bicyclic) bond motifs is 1. The molecule has 0 radical (unpaired) electrons. The summed E-state index contributed by atoms with van der Waals surface area (Å²) < 4.78 is 1.97. The lowest BCUT2D eigenvalue weighted by molar-refractivity contribution is -0.136. The first-order valence-corrected chi connectivity index (χ1v) is 6.57. The quantitative estimate of drug-likeness (QED) is 0.738. The highest BCUT2D eigenvalue weighted by atomic mass is 16.2. The van der Waals surface area contributed by atoms with E-state index in [1.165, 1.54) is 12.8 Å². The molecule has 96 valence electrons. The van der Waals surface area contributed by atoms with Crippen molar-refractivity contribution in [2.45, 2.75) is 38.8 Å². The Morgan fingerprint density at radius 2 is 2.11 bits per heavy atom. The Balaban J connectivity index is 1.77. The molecule has 0 spiro atoms. The molecule has 1 aliphatic heterocycles. The molecule has 1 amide bonds. The molecular weight excluding hydrogens is 230 g/mol. The van der Waals surface area contributed by atoms with Gasteiger partial charge in [-0.15, -0.1) is 0 Å². The normalized spacial score (nSPS) is 19.9. The second-order valence-corrected chi connectivity index (χ2v) is 5.13. The Morgan fingerprint density at radius 1 is 1.33 bits per heavy atom. The molecule has 5 heteroatoms. The van der Waals surface area contributed by atoms with Gasteiger partial charge in [-0.2, -0.15) is 0 Å². The zero-order valence-corrected chi connectivity index (χ0v) is 10.3. The average Bonchev–Trinajstić information content (AvgIpc) is 3.06. The summed E-state index contributed by atoms with van der Waals surface area (Å²) in [7, 11) is 0. The van der Waals surface area contributed by atoms with Gasteiger partial charge in [0.05, 0.1) is 18.6 Å². The van der Waals surface area contributed by atoms with E-state index in [1.54, 1.807) is 6.33 Å². The van der Waals surface area contributed by atoms with Gasteiger partial charge in [-0.05, 0) is 12.8 Å². The number of hydrogen-bond acceptors (Lipinski definition) is 3. The predicted octanol–water partition coefficient (Wildman–Crippen LogP) is 1.23. The number of carbonyl (C=O) groups is 2. The number of hydrogen-bond donors (Lipinski definition) is 0. The number of aldehydes is 1. The third-order valence-electron chi connectivity index (χ3n) is 4.06. The maximum atomic E-state index is 12.3. The van der Waals surface area contributed by atoms with Gasteiger partial charge >= 0.3 is 0 Å². The third-order valence-corrected chi connectivity index (χ3v) is 4.06. The van der Waals surface area contributed by atoms with Crippen LogP contribution in [0.25, 0.3) is 0 Å². The molecule has 0 aromatic carbocycles. The monoisotopic (exact) mass is 247 g/mol. The van der Waals surface area contributed by atoms with E-state index in [0.29, 0.717) is 12.2 Å². The Morgan fingerprint density at radius 3 is 2.83 bits per heavy atom. The van der Waals surface area contributed by atoms with Crippen molar-refractivity contribution in [1.29, 1.82) is 0 Å². The Labute approximate surface area is 106 Å². The van der Waals surface area contributed by atoms with Gasteiger partial charge in [-0.3, -0.25) is 9.59 Å². The molecule has 1 aromatic rings. The van der Waals surface area contributed by atoms with Crippen LogP contribution in [-0.2, 0) is 17.9 Å². The van der Waals surface area contributed by atoms with Gasteiger partial charge in [0.25, 0.3) is 0 Å². The zero-order valence-electron chi connectivity index (χ0n) is 10.3. The van der Waals surface area contributed by atoms with Crippen LogP contribution in [0.3, 0.4) is 0 Å². The fourth-order valence-electron chi connectivity index (χ4n) is 2.99. The van der Waals surface area contributed by atoms with Crippen LogP contribution in [0.4, 0.5) is 0 Å². The summed E-state index contributed by atoms with van der Waals surface area (Å²) in [6, 6.07) is 0. The van der Waals surface area contributed by atoms with Gasteiger partial charge in [-0.25, -0.2) is 4.98 Å². The van der Waals surface area contributed by atoms with Crippen molar-refractivity contribution in [1.82, 2.24) is 14.5 Å². The maximum Gasteiger partial charge on any atom is 0.226 e. The summed E-state index contributed by atoms with van der Waals surface area (Å²) in [5.41, 5.74) is 1.35. The maximum absolute atomic E-state index is 12.3. The van der Waals surface area contributed by atoms with E-state index < -0.39 is 0 Å². The molecular formula is C13H17N3O2. The van der Waals surface area contributed by atoms with Gasteiger partial charge < -0.3 is 9.47 Å². The topological polar surface area (TPSA) is 55.2 Å². The molecule has 1 aromatic heterocycles. The van der Waals surface area contributed by atoms with Crippen LogP contribution in [0.2, 0.25) is 0 Å². The molecule has 0 bridgehead atoms. The number of nitrogens with zero attached hydrogens (tertiary/aromatic N) is 3. The smallest absolute Gasteiger partial charge is 0.226 e. The van der Waals surface area contributed by atoms with Gasteiger partial charge in [-0.1, -0.05) is 12.8 Å². The molecule has 1 saturated carbocycles. The molecule has 18 heavy (non-hydrogen) atoms. The molecule has 1 fully saturated rings. The lowest BCUT2D eigenvalue weighted by Crippen LogP contribution is -2.41. The Hall–Kier alpha value is -1.65. The molecule has 1 aliphatic carbocycles. The summed E-state index contributed by atoms with van der Waals surface area (Å²) in [5.74, 6) is 0.468. The predicted molar refractivity (Wildman–Crippen MR) is 65.0 cm³/mol. The Bertz CT molecular complexity index is 475. The number of imidazole rings is 1.